The van der Waals surface area contributed by atoms with Crippen molar-refractivity contribution in [2.75, 3.05) is 0 Å². The molecule has 0 aliphatic rings. The Balaban J connectivity index is 2.81. The van der Waals surface area contributed by atoms with Crippen LogP contribution in [0.25, 0.3) is 0 Å². The number of hydrogen-bond acceptors (Lipinski definition) is 1. The molecule has 0 amide bonds. The first-order chi connectivity index (χ1) is 7.57. The Morgan fingerprint density at radius 2 is 2.00 bits per heavy atom. The van der Waals surface area contributed by atoms with Crippen LogP contribution in [-0.2, 0) is 0 Å². The molecule has 1 aromatic carbocycles. The second kappa shape index (κ2) is 6.30. The van der Waals surface area contributed by atoms with Gasteiger partial charge in [-0.05, 0) is 34.5 Å². The second-order valence-electron chi connectivity index (χ2n) is 3.86. The van der Waals surface area contributed by atoms with Crippen LogP contribution < -0.4 is 5.73 Å². The zero-order valence-electron chi connectivity index (χ0n) is 9.27. The molecule has 0 aliphatic carbocycles. The van der Waals surface area contributed by atoms with Gasteiger partial charge in [0.1, 0.15) is 11.6 Å². The molecule has 0 radical (unpaired) electrons. The van der Waals surface area contributed by atoms with E-state index in [2.05, 4.69) is 22.9 Å². The van der Waals surface area contributed by atoms with Gasteiger partial charge in [-0.3, -0.25) is 0 Å². The van der Waals surface area contributed by atoms with E-state index in [0.717, 1.165) is 19.3 Å². The minimum absolute atomic E-state index is 0.00882. The molecule has 90 valence electrons. The molecule has 4 heteroatoms. The lowest BCUT2D eigenvalue weighted by Gasteiger charge is -2.14. The van der Waals surface area contributed by atoms with Crippen molar-refractivity contribution in [2.24, 2.45) is 5.73 Å². The first-order valence-electron chi connectivity index (χ1n) is 5.46. The lowest BCUT2D eigenvalue weighted by Crippen LogP contribution is -2.14. The SMILES string of the molecule is CCCCC[C@@H](N)c1c(F)ccc(Br)c1F. The zero-order chi connectivity index (χ0) is 12.1. The van der Waals surface area contributed by atoms with Crippen LogP contribution >= 0.6 is 15.9 Å². The van der Waals surface area contributed by atoms with E-state index in [4.69, 9.17) is 5.73 Å². The van der Waals surface area contributed by atoms with Crippen LogP contribution in [0.5, 0.6) is 0 Å². The minimum atomic E-state index is -0.580. The molecule has 0 bridgehead atoms. The summed E-state index contributed by atoms with van der Waals surface area (Å²) in [7, 11) is 0. The summed E-state index contributed by atoms with van der Waals surface area (Å²) >= 11 is 3.03. The molecular weight excluding hydrogens is 276 g/mol. The molecule has 1 atom stereocenters. The van der Waals surface area contributed by atoms with Crippen LogP contribution in [0.2, 0.25) is 0 Å². The van der Waals surface area contributed by atoms with Crippen LogP contribution in [0.15, 0.2) is 16.6 Å². The second-order valence-corrected chi connectivity index (χ2v) is 4.71. The maximum Gasteiger partial charge on any atom is 0.145 e. The average Bonchev–Trinajstić information content (AvgIpc) is 2.24. The lowest BCUT2D eigenvalue weighted by atomic mass is 10.0. The van der Waals surface area contributed by atoms with E-state index in [1.165, 1.54) is 12.1 Å². The van der Waals surface area contributed by atoms with Crippen molar-refractivity contribution in [1.82, 2.24) is 0 Å². The van der Waals surface area contributed by atoms with E-state index >= 15 is 0 Å². The summed E-state index contributed by atoms with van der Waals surface area (Å²) in [6, 6.07) is 2.03. The van der Waals surface area contributed by atoms with E-state index in [0.29, 0.717) is 6.42 Å². The summed E-state index contributed by atoms with van der Waals surface area (Å²) < 4.78 is 27.4. The molecule has 1 nitrogen and oxygen atoms in total. The molecule has 0 spiro atoms. The summed E-state index contributed by atoms with van der Waals surface area (Å²) in [5, 5.41) is 0. The maximum absolute atomic E-state index is 13.7. The molecule has 0 unspecified atom stereocenters. The Morgan fingerprint density at radius 3 is 2.62 bits per heavy atom. The van der Waals surface area contributed by atoms with Gasteiger partial charge in [0.15, 0.2) is 0 Å². The predicted octanol–water partition coefficient (Wildman–Crippen LogP) is 4.31. The first-order valence-corrected chi connectivity index (χ1v) is 6.26. The summed E-state index contributed by atoms with van der Waals surface area (Å²) in [5.74, 6) is -1.14. The van der Waals surface area contributed by atoms with Gasteiger partial charge in [0, 0.05) is 11.6 Å². The predicted molar refractivity (Wildman–Crippen MR) is 65.1 cm³/mol. The van der Waals surface area contributed by atoms with Crippen LogP contribution in [0.1, 0.15) is 44.2 Å². The quantitative estimate of drug-likeness (QED) is 0.635. The average molecular weight is 292 g/mol. The van der Waals surface area contributed by atoms with Crippen LogP contribution in [0.3, 0.4) is 0 Å². The molecular formula is C12H16BrF2N. The standard InChI is InChI=1S/C12H16BrF2N/c1-2-3-4-5-10(16)11-9(14)7-6-8(13)12(11)15/h6-7,10H,2-5,16H2,1H3/t10-/m1/s1. The van der Waals surface area contributed by atoms with Gasteiger partial charge in [-0.25, -0.2) is 8.78 Å². The van der Waals surface area contributed by atoms with E-state index in [1.54, 1.807) is 0 Å². The Morgan fingerprint density at radius 1 is 1.31 bits per heavy atom. The summed E-state index contributed by atoms with van der Waals surface area (Å²) in [4.78, 5) is 0. The molecule has 0 heterocycles. The topological polar surface area (TPSA) is 26.0 Å². The normalized spacial score (nSPS) is 12.8. The highest BCUT2D eigenvalue weighted by atomic mass is 79.9. The van der Waals surface area contributed by atoms with Crippen molar-refractivity contribution in [3.63, 3.8) is 0 Å². The largest absolute Gasteiger partial charge is 0.324 e. The van der Waals surface area contributed by atoms with Crippen molar-refractivity contribution in [1.29, 1.82) is 0 Å². The van der Waals surface area contributed by atoms with Crippen molar-refractivity contribution >= 4 is 15.9 Å². The van der Waals surface area contributed by atoms with Crippen molar-refractivity contribution < 1.29 is 8.78 Å². The Bertz CT molecular complexity index is 355. The maximum atomic E-state index is 13.7. The summed E-state index contributed by atoms with van der Waals surface area (Å²) in [6.07, 6.45) is 3.60. The Labute approximate surface area is 103 Å². The Kier molecular flexibility index (Phi) is 5.35. The van der Waals surface area contributed by atoms with E-state index in [-0.39, 0.29) is 10.0 Å². The zero-order valence-corrected chi connectivity index (χ0v) is 10.9. The highest BCUT2D eigenvalue weighted by Gasteiger charge is 2.18. The van der Waals surface area contributed by atoms with Crippen molar-refractivity contribution in [3.8, 4) is 0 Å². The number of nitrogens with two attached hydrogens (primary N) is 1. The molecule has 0 aliphatic heterocycles. The highest BCUT2D eigenvalue weighted by Crippen LogP contribution is 2.28. The molecule has 1 rings (SSSR count). The van der Waals surface area contributed by atoms with Gasteiger partial charge in [-0.2, -0.15) is 0 Å². The van der Waals surface area contributed by atoms with Gasteiger partial charge in [0.2, 0.25) is 0 Å². The van der Waals surface area contributed by atoms with Gasteiger partial charge in [0.05, 0.1) is 4.47 Å². The van der Waals surface area contributed by atoms with Crippen molar-refractivity contribution in [2.45, 2.75) is 38.6 Å². The van der Waals surface area contributed by atoms with Gasteiger partial charge in [-0.1, -0.05) is 26.2 Å². The number of unbranched alkanes of at least 4 members (excludes halogenated alkanes) is 2. The van der Waals surface area contributed by atoms with E-state index < -0.39 is 17.7 Å². The van der Waals surface area contributed by atoms with Gasteiger partial charge < -0.3 is 5.73 Å². The molecule has 2 N–H and O–H groups in total. The third-order valence-electron chi connectivity index (χ3n) is 2.57. The van der Waals surface area contributed by atoms with Crippen LogP contribution in [0, 0.1) is 11.6 Å². The fourth-order valence-corrected chi connectivity index (χ4v) is 1.99. The molecule has 0 aromatic heterocycles. The fourth-order valence-electron chi connectivity index (χ4n) is 1.64. The molecule has 0 saturated heterocycles. The van der Waals surface area contributed by atoms with Gasteiger partial charge in [-0.15, -0.1) is 0 Å². The van der Waals surface area contributed by atoms with Crippen LogP contribution in [-0.4, -0.2) is 0 Å². The number of rotatable bonds is 5. The van der Waals surface area contributed by atoms with Gasteiger partial charge >= 0.3 is 0 Å². The van der Waals surface area contributed by atoms with E-state index in [1.807, 2.05) is 0 Å². The number of benzene rings is 1. The monoisotopic (exact) mass is 291 g/mol. The first kappa shape index (κ1) is 13.6. The fraction of sp³-hybridized carbons (Fsp3) is 0.500. The molecule has 1 aromatic rings. The number of hydrogen-bond donors (Lipinski definition) is 1. The highest BCUT2D eigenvalue weighted by molar-refractivity contribution is 9.10. The Hall–Kier alpha value is -0.480. The summed E-state index contributed by atoms with van der Waals surface area (Å²) in [5.41, 5.74) is 5.80. The summed E-state index contributed by atoms with van der Waals surface area (Å²) in [6.45, 7) is 2.08. The van der Waals surface area contributed by atoms with Crippen molar-refractivity contribution in [3.05, 3.63) is 33.8 Å². The van der Waals surface area contributed by atoms with E-state index in [9.17, 15) is 8.78 Å². The third kappa shape index (κ3) is 3.25. The minimum Gasteiger partial charge on any atom is -0.324 e. The van der Waals surface area contributed by atoms with Gasteiger partial charge in [0.25, 0.3) is 0 Å². The smallest absolute Gasteiger partial charge is 0.145 e. The third-order valence-corrected chi connectivity index (χ3v) is 3.18. The molecule has 16 heavy (non-hydrogen) atoms. The molecule has 0 saturated carbocycles. The number of halogens is 3. The molecule has 0 fully saturated rings. The lowest BCUT2D eigenvalue weighted by molar-refractivity contribution is 0.495. The van der Waals surface area contributed by atoms with Crippen LogP contribution in [0.4, 0.5) is 8.78 Å².